The Morgan fingerprint density at radius 2 is 1.81 bits per heavy atom. The lowest BCUT2D eigenvalue weighted by Gasteiger charge is -2.32. The summed E-state index contributed by atoms with van der Waals surface area (Å²) >= 11 is 5.89. The molecule has 1 heterocycles. The maximum absolute atomic E-state index is 12.7. The molecular formula is C21H23ClN2O2. The van der Waals surface area contributed by atoms with Crippen LogP contribution in [0.4, 0.5) is 0 Å². The minimum Gasteiger partial charge on any atom is -0.349 e. The summed E-state index contributed by atoms with van der Waals surface area (Å²) in [6.07, 6.45) is 1.63. The number of likely N-dealkylation sites (tertiary alicyclic amines) is 1. The van der Waals surface area contributed by atoms with Gasteiger partial charge >= 0.3 is 0 Å². The molecule has 0 spiro atoms. The lowest BCUT2D eigenvalue weighted by atomic mass is 9.95. The van der Waals surface area contributed by atoms with E-state index in [1.165, 1.54) is 0 Å². The first-order valence-electron chi connectivity index (χ1n) is 8.95. The predicted octanol–water partition coefficient (Wildman–Crippen LogP) is 4.07. The SMILES string of the molecule is C[C@H](NC(=O)[C@@H]1CCCN(C(=O)c2ccc(Cl)cc2)C1)c1ccccc1. The summed E-state index contributed by atoms with van der Waals surface area (Å²) < 4.78 is 0. The van der Waals surface area contributed by atoms with E-state index in [9.17, 15) is 9.59 Å². The summed E-state index contributed by atoms with van der Waals surface area (Å²) in [6.45, 7) is 3.11. The Hall–Kier alpha value is -2.33. The zero-order chi connectivity index (χ0) is 18.5. The molecule has 2 atom stereocenters. The average Bonchev–Trinajstić information content (AvgIpc) is 2.68. The van der Waals surface area contributed by atoms with Crippen molar-refractivity contribution < 1.29 is 9.59 Å². The van der Waals surface area contributed by atoms with E-state index in [2.05, 4.69) is 5.32 Å². The van der Waals surface area contributed by atoms with E-state index in [0.29, 0.717) is 23.7 Å². The van der Waals surface area contributed by atoms with Gasteiger partial charge < -0.3 is 10.2 Å². The molecule has 4 nitrogen and oxygen atoms in total. The van der Waals surface area contributed by atoms with E-state index < -0.39 is 0 Å². The van der Waals surface area contributed by atoms with Crippen LogP contribution < -0.4 is 5.32 Å². The molecule has 1 fully saturated rings. The summed E-state index contributed by atoms with van der Waals surface area (Å²) in [5, 5.41) is 3.68. The molecule has 1 saturated heterocycles. The monoisotopic (exact) mass is 370 g/mol. The number of benzene rings is 2. The largest absolute Gasteiger partial charge is 0.349 e. The van der Waals surface area contributed by atoms with Gasteiger partial charge in [0.15, 0.2) is 0 Å². The molecule has 0 unspecified atom stereocenters. The number of carbonyl (C=O) groups is 2. The van der Waals surface area contributed by atoms with Gasteiger partial charge in [-0.1, -0.05) is 41.9 Å². The van der Waals surface area contributed by atoms with Gasteiger partial charge in [0, 0.05) is 23.7 Å². The average molecular weight is 371 g/mol. The molecule has 5 heteroatoms. The van der Waals surface area contributed by atoms with E-state index in [0.717, 1.165) is 18.4 Å². The zero-order valence-corrected chi connectivity index (χ0v) is 15.6. The number of hydrogen-bond acceptors (Lipinski definition) is 2. The van der Waals surface area contributed by atoms with Gasteiger partial charge in [-0.25, -0.2) is 0 Å². The Balaban J connectivity index is 1.61. The zero-order valence-electron chi connectivity index (χ0n) is 14.8. The maximum Gasteiger partial charge on any atom is 0.253 e. The second-order valence-electron chi connectivity index (χ2n) is 6.74. The van der Waals surface area contributed by atoms with Gasteiger partial charge in [-0.2, -0.15) is 0 Å². The molecule has 1 aliphatic heterocycles. The second-order valence-corrected chi connectivity index (χ2v) is 7.17. The molecular weight excluding hydrogens is 348 g/mol. The Bertz CT molecular complexity index is 761. The number of rotatable bonds is 4. The lowest BCUT2D eigenvalue weighted by molar-refractivity contribution is -0.127. The summed E-state index contributed by atoms with van der Waals surface area (Å²) in [5.74, 6) is -0.212. The van der Waals surface area contributed by atoms with Crippen molar-refractivity contribution in [2.75, 3.05) is 13.1 Å². The smallest absolute Gasteiger partial charge is 0.253 e. The van der Waals surface area contributed by atoms with E-state index in [1.807, 2.05) is 37.3 Å². The first-order chi connectivity index (χ1) is 12.5. The Labute approximate surface area is 159 Å². The normalized spacial score (nSPS) is 18.2. The summed E-state index contributed by atoms with van der Waals surface area (Å²) in [6, 6.07) is 16.7. The molecule has 2 aromatic rings. The number of carbonyl (C=O) groups excluding carboxylic acids is 2. The van der Waals surface area contributed by atoms with E-state index in [-0.39, 0.29) is 23.8 Å². The molecule has 0 bridgehead atoms. The standard InChI is InChI=1S/C21H23ClN2O2/c1-15(16-6-3-2-4-7-16)23-20(25)18-8-5-13-24(14-18)21(26)17-9-11-19(22)12-10-17/h2-4,6-7,9-12,15,18H,5,8,13-14H2,1H3,(H,23,25)/t15-,18+/m0/s1. The molecule has 26 heavy (non-hydrogen) atoms. The van der Waals surface area contributed by atoms with Crippen LogP contribution >= 0.6 is 11.6 Å². The van der Waals surface area contributed by atoms with Crippen molar-refractivity contribution in [3.63, 3.8) is 0 Å². The fourth-order valence-corrected chi connectivity index (χ4v) is 3.43. The Morgan fingerprint density at radius 1 is 1.12 bits per heavy atom. The number of amides is 2. The van der Waals surface area contributed by atoms with Gasteiger partial charge in [0.1, 0.15) is 0 Å². The van der Waals surface area contributed by atoms with Crippen LogP contribution in [0, 0.1) is 5.92 Å². The fraction of sp³-hybridized carbons (Fsp3) is 0.333. The van der Waals surface area contributed by atoms with Gasteiger partial charge in [0.2, 0.25) is 5.91 Å². The predicted molar refractivity (Wildman–Crippen MR) is 103 cm³/mol. The Kier molecular flexibility index (Phi) is 5.94. The molecule has 2 aromatic carbocycles. The van der Waals surface area contributed by atoms with Crippen molar-refractivity contribution >= 4 is 23.4 Å². The van der Waals surface area contributed by atoms with Gasteiger partial charge in [-0.05, 0) is 49.6 Å². The van der Waals surface area contributed by atoms with Gasteiger partial charge in [0.25, 0.3) is 5.91 Å². The number of piperidine rings is 1. The number of hydrogen-bond donors (Lipinski definition) is 1. The van der Waals surface area contributed by atoms with Crippen LogP contribution in [0.2, 0.25) is 5.02 Å². The van der Waals surface area contributed by atoms with E-state index >= 15 is 0 Å². The third-order valence-electron chi connectivity index (χ3n) is 4.83. The van der Waals surface area contributed by atoms with Crippen LogP contribution in [0.1, 0.15) is 41.7 Å². The van der Waals surface area contributed by atoms with E-state index in [4.69, 9.17) is 11.6 Å². The molecule has 0 aliphatic carbocycles. The van der Waals surface area contributed by atoms with Crippen LogP contribution in [0.25, 0.3) is 0 Å². The number of nitrogens with zero attached hydrogens (tertiary/aromatic N) is 1. The van der Waals surface area contributed by atoms with Crippen molar-refractivity contribution in [2.24, 2.45) is 5.92 Å². The van der Waals surface area contributed by atoms with Gasteiger partial charge in [-0.15, -0.1) is 0 Å². The fourth-order valence-electron chi connectivity index (χ4n) is 3.31. The first-order valence-corrected chi connectivity index (χ1v) is 9.32. The van der Waals surface area contributed by atoms with E-state index in [1.54, 1.807) is 29.2 Å². The van der Waals surface area contributed by atoms with Crippen LogP contribution in [0.15, 0.2) is 54.6 Å². The first kappa shape index (κ1) is 18.5. The topological polar surface area (TPSA) is 49.4 Å². The third kappa shape index (κ3) is 4.44. The van der Waals surface area contributed by atoms with Crippen molar-refractivity contribution in [1.82, 2.24) is 10.2 Å². The van der Waals surface area contributed by atoms with Crippen molar-refractivity contribution in [1.29, 1.82) is 0 Å². The number of halogens is 1. The van der Waals surface area contributed by atoms with Crippen LogP contribution in [-0.2, 0) is 4.79 Å². The molecule has 0 saturated carbocycles. The molecule has 1 aliphatic rings. The minimum atomic E-state index is -0.175. The molecule has 0 radical (unpaired) electrons. The summed E-state index contributed by atoms with van der Waals surface area (Å²) in [5.41, 5.74) is 1.68. The summed E-state index contributed by atoms with van der Waals surface area (Å²) in [7, 11) is 0. The minimum absolute atomic E-state index is 0.00922. The van der Waals surface area contributed by atoms with Gasteiger partial charge in [0.05, 0.1) is 12.0 Å². The number of nitrogens with one attached hydrogen (secondary N) is 1. The highest BCUT2D eigenvalue weighted by Gasteiger charge is 2.29. The highest BCUT2D eigenvalue weighted by atomic mass is 35.5. The Morgan fingerprint density at radius 3 is 2.50 bits per heavy atom. The maximum atomic E-state index is 12.7. The van der Waals surface area contributed by atoms with Gasteiger partial charge in [-0.3, -0.25) is 9.59 Å². The second kappa shape index (κ2) is 8.37. The molecule has 2 amide bonds. The van der Waals surface area contributed by atoms with Crippen LogP contribution in [0.5, 0.6) is 0 Å². The molecule has 0 aromatic heterocycles. The van der Waals surface area contributed by atoms with Crippen LogP contribution in [-0.4, -0.2) is 29.8 Å². The quantitative estimate of drug-likeness (QED) is 0.881. The van der Waals surface area contributed by atoms with Crippen molar-refractivity contribution in [3.8, 4) is 0 Å². The highest BCUT2D eigenvalue weighted by molar-refractivity contribution is 6.30. The third-order valence-corrected chi connectivity index (χ3v) is 5.08. The molecule has 3 rings (SSSR count). The summed E-state index contributed by atoms with van der Waals surface area (Å²) in [4.78, 5) is 27.1. The molecule has 136 valence electrons. The van der Waals surface area contributed by atoms with Crippen LogP contribution in [0.3, 0.4) is 0 Å². The highest BCUT2D eigenvalue weighted by Crippen LogP contribution is 2.21. The van der Waals surface area contributed by atoms with Crippen molar-refractivity contribution in [3.05, 3.63) is 70.7 Å². The van der Waals surface area contributed by atoms with Crippen molar-refractivity contribution in [2.45, 2.75) is 25.8 Å². The lowest BCUT2D eigenvalue weighted by Crippen LogP contribution is -2.45. The molecule has 1 N–H and O–H groups in total.